The molecule has 0 aliphatic carbocycles. The molecule has 0 radical (unpaired) electrons. The van der Waals surface area contributed by atoms with Gasteiger partial charge in [0.05, 0.1) is 12.7 Å². The normalized spacial score (nSPS) is 11.0. The SMILES string of the molecule is COc1cc(NC(=O)O)cc(C(F)(F)F)c1. The lowest BCUT2D eigenvalue weighted by molar-refractivity contribution is -0.137. The number of anilines is 1. The maximum absolute atomic E-state index is 12.4. The molecule has 0 heterocycles. The first kappa shape index (κ1) is 12.2. The number of benzene rings is 1. The van der Waals surface area contributed by atoms with Gasteiger partial charge in [0.15, 0.2) is 0 Å². The highest BCUT2D eigenvalue weighted by atomic mass is 19.4. The first-order chi connectivity index (χ1) is 7.32. The molecule has 0 bridgehead atoms. The first-order valence-corrected chi connectivity index (χ1v) is 4.09. The molecule has 0 spiro atoms. The first-order valence-electron chi connectivity index (χ1n) is 4.09. The quantitative estimate of drug-likeness (QED) is 0.828. The van der Waals surface area contributed by atoms with Crippen molar-refractivity contribution in [2.24, 2.45) is 0 Å². The summed E-state index contributed by atoms with van der Waals surface area (Å²) in [5, 5.41) is 10.2. The van der Waals surface area contributed by atoms with Gasteiger partial charge in [-0.1, -0.05) is 0 Å². The zero-order valence-corrected chi connectivity index (χ0v) is 8.13. The van der Waals surface area contributed by atoms with E-state index in [1.165, 1.54) is 7.11 Å². The van der Waals surface area contributed by atoms with Crippen LogP contribution < -0.4 is 10.1 Å². The third-order valence-electron chi connectivity index (χ3n) is 1.72. The molecule has 2 N–H and O–H groups in total. The summed E-state index contributed by atoms with van der Waals surface area (Å²) in [7, 11) is 1.19. The number of carboxylic acid groups (broad SMARTS) is 1. The molecule has 1 aromatic carbocycles. The molecule has 0 saturated heterocycles. The Morgan fingerprint density at radius 1 is 1.38 bits per heavy atom. The fourth-order valence-electron chi connectivity index (χ4n) is 1.08. The van der Waals surface area contributed by atoms with Gasteiger partial charge in [-0.2, -0.15) is 13.2 Å². The Morgan fingerprint density at radius 2 is 2.00 bits per heavy atom. The summed E-state index contributed by atoms with van der Waals surface area (Å²) in [5.74, 6) is -0.0708. The van der Waals surface area contributed by atoms with Gasteiger partial charge in [0, 0.05) is 11.8 Å². The van der Waals surface area contributed by atoms with Gasteiger partial charge in [-0.05, 0) is 12.1 Å². The molecule has 0 aliphatic heterocycles. The van der Waals surface area contributed by atoms with Gasteiger partial charge in [-0.25, -0.2) is 4.79 Å². The van der Waals surface area contributed by atoms with E-state index >= 15 is 0 Å². The highest BCUT2D eigenvalue weighted by molar-refractivity contribution is 5.83. The van der Waals surface area contributed by atoms with Gasteiger partial charge in [0.1, 0.15) is 5.75 Å². The largest absolute Gasteiger partial charge is 0.497 e. The van der Waals surface area contributed by atoms with E-state index in [0.717, 1.165) is 12.1 Å². The highest BCUT2D eigenvalue weighted by Crippen LogP contribution is 2.33. The number of hydrogen-bond donors (Lipinski definition) is 2. The third kappa shape index (κ3) is 3.04. The van der Waals surface area contributed by atoms with E-state index in [1.54, 1.807) is 0 Å². The van der Waals surface area contributed by atoms with Crippen molar-refractivity contribution in [2.75, 3.05) is 12.4 Å². The van der Waals surface area contributed by atoms with E-state index in [0.29, 0.717) is 6.07 Å². The number of alkyl halides is 3. The maximum Gasteiger partial charge on any atom is 0.416 e. The van der Waals surface area contributed by atoms with Crippen LogP contribution in [-0.2, 0) is 6.18 Å². The molecule has 1 rings (SSSR count). The number of methoxy groups -OCH3 is 1. The summed E-state index contributed by atoms with van der Waals surface area (Å²) >= 11 is 0. The number of hydrogen-bond acceptors (Lipinski definition) is 2. The molecule has 88 valence electrons. The van der Waals surface area contributed by atoms with Crippen molar-refractivity contribution in [3.05, 3.63) is 23.8 Å². The van der Waals surface area contributed by atoms with Gasteiger partial charge in [0.2, 0.25) is 0 Å². The Kier molecular flexibility index (Phi) is 3.26. The molecule has 1 amide bonds. The summed E-state index contributed by atoms with van der Waals surface area (Å²) in [5.41, 5.74) is -1.17. The van der Waals surface area contributed by atoms with Gasteiger partial charge in [0.25, 0.3) is 0 Å². The Balaban J connectivity index is 3.16. The Labute approximate surface area is 88.6 Å². The fraction of sp³-hybridized carbons (Fsp3) is 0.222. The monoisotopic (exact) mass is 235 g/mol. The number of amides is 1. The van der Waals surface area contributed by atoms with Crippen LogP contribution in [-0.4, -0.2) is 18.3 Å². The molecular formula is C9H8F3NO3. The summed E-state index contributed by atoms with van der Waals surface area (Å²) in [6.07, 6.45) is -6.00. The predicted octanol–water partition coefficient (Wildman–Crippen LogP) is 2.80. The summed E-state index contributed by atoms with van der Waals surface area (Å²) in [6.45, 7) is 0. The smallest absolute Gasteiger partial charge is 0.416 e. The van der Waals surface area contributed by atoms with Gasteiger partial charge < -0.3 is 9.84 Å². The van der Waals surface area contributed by atoms with Crippen molar-refractivity contribution in [1.29, 1.82) is 0 Å². The van der Waals surface area contributed by atoms with Crippen molar-refractivity contribution in [2.45, 2.75) is 6.18 Å². The molecule has 16 heavy (non-hydrogen) atoms. The lowest BCUT2D eigenvalue weighted by Gasteiger charge is -2.11. The third-order valence-corrected chi connectivity index (χ3v) is 1.72. The molecule has 4 nitrogen and oxygen atoms in total. The van der Waals surface area contributed by atoms with E-state index in [9.17, 15) is 18.0 Å². The van der Waals surface area contributed by atoms with Crippen molar-refractivity contribution in [3.63, 3.8) is 0 Å². The number of nitrogens with one attached hydrogen (secondary N) is 1. The van der Waals surface area contributed by atoms with Crippen LogP contribution in [0.5, 0.6) is 5.75 Å². The molecule has 0 aliphatic rings. The minimum absolute atomic E-state index is 0.0708. The average Bonchev–Trinajstić information content (AvgIpc) is 2.14. The van der Waals surface area contributed by atoms with E-state index in [1.807, 2.05) is 5.32 Å². The molecule has 0 unspecified atom stereocenters. The van der Waals surface area contributed by atoms with Crippen LogP contribution in [0.25, 0.3) is 0 Å². The van der Waals surface area contributed by atoms with Crippen LogP contribution in [0.2, 0.25) is 0 Å². The number of rotatable bonds is 2. The zero-order valence-electron chi connectivity index (χ0n) is 8.13. The Hall–Kier alpha value is -1.92. The van der Waals surface area contributed by atoms with E-state index in [-0.39, 0.29) is 11.4 Å². The van der Waals surface area contributed by atoms with E-state index in [4.69, 9.17) is 5.11 Å². The summed E-state index contributed by atoms with van der Waals surface area (Å²) in [4.78, 5) is 10.3. The van der Waals surface area contributed by atoms with Crippen molar-refractivity contribution in [3.8, 4) is 5.75 Å². The van der Waals surface area contributed by atoms with Crippen LogP contribution in [0.4, 0.5) is 23.7 Å². The lowest BCUT2D eigenvalue weighted by Crippen LogP contribution is -2.10. The number of carbonyl (C=O) groups is 1. The molecule has 0 atom stereocenters. The van der Waals surface area contributed by atoms with Crippen molar-refractivity contribution >= 4 is 11.8 Å². The molecular weight excluding hydrogens is 227 g/mol. The van der Waals surface area contributed by atoms with Crippen molar-refractivity contribution < 1.29 is 27.8 Å². The average molecular weight is 235 g/mol. The van der Waals surface area contributed by atoms with Gasteiger partial charge >= 0.3 is 12.3 Å². The van der Waals surface area contributed by atoms with E-state index in [2.05, 4.69) is 4.74 Å². The summed E-state index contributed by atoms with van der Waals surface area (Å²) < 4.78 is 41.8. The second-order valence-electron chi connectivity index (χ2n) is 2.88. The van der Waals surface area contributed by atoms with Crippen molar-refractivity contribution in [1.82, 2.24) is 0 Å². The Morgan fingerprint density at radius 3 is 2.44 bits per heavy atom. The molecule has 0 saturated carbocycles. The molecule has 7 heteroatoms. The second kappa shape index (κ2) is 4.30. The second-order valence-corrected chi connectivity index (χ2v) is 2.88. The van der Waals surface area contributed by atoms with Gasteiger partial charge in [-0.15, -0.1) is 0 Å². The van der Waals surface area contributed by atoms with Crippen LogP contribution in [0.15, 0.2) is 18.2 Å². The topological polar surface area (TPSA) is 58.6 Å². The van der Waals surface area contributed by atoms with Crippen LogP contribution in [0.3, 0.4) is 0 Å². The van der Waals surface area contributed by atoms with Gasteiger partial charge in [-0.3, -0.25) is 5.32 Å². The number of halogens is 3. The van der Waals surface area contributed by atoms with Crippen LogP contribution >= 0.6 is 0 Å². The highest BCUT2D eigenvalue weighted by Gasteiger charge is 2.31. The predicted molar refractivity (Wildman–Crippen MR) is 49.6 cm³/mol. The molecule has 0 fully saturated rings. The van der Waals surface area contributed by atoms with Crippen LogP contribution in [0, 0.1) is 0 Å². The minimum Gasteiger partial charge on any atom is -0.497 e. The lowest BCUT2D eigenvalue weighted by atomic mass is 10.2. The zero-order chi connectivity index (χ0) is 12.3. The Bertz CT molecular complexity index is 403. The standard InChI is InChI=1S/C9H8F3NO3/c1-16-7-3-5(9(10,11)12)2-6(4-7)13-8(14)15/h2-4,13H,1H3,(H,14,15). The van der Waals surface area contributed by atoms with E-state index < -0.39 is 17.8 Å². The number of ether oxygens (including phenoxy) is 1. The molecule has 1 aromatic rings. The summed E-state index contributed by atoms with van der Waals surface area (Å²) in [6, 6.07) is 2.63. The maximum atomic E-state index is 12.4. The van der Waals surface area contributed by atoms with Crippen LogP contribution in [0.1, 0.15) is 5.56 Å². The minimum atomic E-state index is -4.55. The molecule has 0 aromatic heterocycles. The fourth-order valence-corrected chi connectivity index (χ4v) is 1.08.